The topological polar surface area (TPSA) is 66.6 Å². The number of likely N-dealkylation sites (tertiary alicyclic amines) is 1. The molecule has 112 valence electrons. The van der Waals surface area contributed by atoms with Crippen LogP contribution in [0.25, 0.3) is 11.1 Å². The molecule has 0 radical (unpaired) electrons. The Morgan fingerprint density at radius 2 is 2.19 bits per heavy atom. The van der Waals surface area contributed by atoms with E-state index in [9.17, 15) is 4.79 Å². The number of hydrogen-bond donors (Lipinski definition) is 1. The van der Waals surface area contributed by atoms with Gasteiger partial charge in [0.15, 0.2) is 11.5 Å². The van der Waals surface area contributed by atoms with Gasteiger partial charge in [0.1, 0.15) is 5.52 Å². The molecule has 0 atom stereocenters. The fourth-order valence-corrected chi connectivity index (χ4v) is 2.88. The average molecular weight is 288 g/mol. The molecule has 0 bridgehead atoms. The van der Waals surface area contributed by atoms with Crippen molar-refractivity contribution in [3.63, 3.8) is 0 Å². The van der Waals surface area contributed by atoms with Crippen molar-refractivity contribution in [3.8, 4) is 0 Å². The molecule has 1 aliphatic heterocycles. The number of aromatic nitrogens is 1. The van der Waals surface area contributed by atoms with Gasteiger partial charge in [0.05, 0.1) is 6.42 Å². The Morgan fingerprint density at radius 3 is 2.90 bits per heavy atom. The van der Waals surface area contributed by atoms with E-state index in [4.69, 9.17) is 9.52 Å². The van der Waals surface area contributed by atoms with Crippen LogP contribution in [0.3, 0.4) is 0 Å². The Balaban J connectivity index is 1.64. The van der Waals surface area contributed by atoms with Crippen molar-refractivity contribution in [2.45, 2.75) is 32.1 Å². The third-order valence-corrected chi connectivity index (χ3v) is 4.14. The molecule has 1 aliphatic rings. The molecule has 2 aromatic rings. The number of nitrogens with zero attached hydrogens (tertiary/aromatic N) is 2. The number of hydrogen-bond acceptors (Lipinski definition) is 4. The zero-order chi connectivity index (χ0) is 14.8. The molecule has 0 saturated carbocycles. The third kappa shape index (κ3) is 3.24. The number of benzene rings is 1. The lowest BCUT2D eigenvalue weighted by Crippen LogP contribution is -2.34. The summed E-state index contributed by atoms with van der Waals surface area (Å²) in [6.07, 6.45) is 2.17. The number of fused-ring (bicyclic) bond motifs is 1. The van der Waals surface area contributed by atoms with Crippen LogP contribution in [0.2, 0.25) is 0 Å². The van der Waals surface area contributed by atoms with Gasteiger partial charge < -0.3 is 14.4 Å². The standard InChI is InChI=1S/C16H20N2O3/c1-11-2-3-13-14(10-11)21-16(17-13)12-4-7-18(8-5-12)9-6-15(19)20/h2-3,10,12H,4-9H2,1H3,(H,19,20). The highest BCUT2D eigenvalue weighted by Crippen LogP contribution is 2.30. The average Bonchev–Trinajstić information content (AvgIpc) is 2.88. The molecule has 0 amide bonds. The van der Waals surface area contributed by atoms with E-state index in [1.54, 1.807) is 0 Å². The number of carboxylic acids is 1. The Bertz CT molecular complexity index is 642. The van der Waals surface area contributed by atoms with Gasteiger partial charge in [-0.25, -0.2) is 4.98 Å². The second-order valence-corrected chi connectivity index (χ2v) is 5.78. The summed E-state index contributed by atoms with van der Waals surface area (Å²) in [6, 6.07) is 6.07. The number of aliphatic carboxylic acids is 1. The van der Waals surface area contributed by atoms with Crippen molar-refractivity contribution in [1.29, 1.82) is 0 Å². The molecular weight excluding hydrogens is 268 g/mol. The first kappa shape index (κ1) is 14.1. The van der Waals surface area contributed by atoms with Crippen molar-refractivity contribution >= 4 is 17.1 Å². The lowest BCUT2D eigenvalue weighted by Gasteiger charge is -2.29. The molecule has 1 saturated heterocycles. The van der Waals surface area contributed by atoms with Crippen LogP contribution in [0.5, 0.6) is 0 Å². The van der Waals surface area contributed by atoms with Crippen LogP contribution in [0, 0.1) is 6.92 Å². The molecule has 21 heavy (non-hydrogen) atoms. The van der Waals surface area contributed by atoms with E-state index in [2.05, 4.69) is 9.88 Å². The van der Waals surface area contributed by atoms with Gasteiger partial charge in [0.25, 0.3) is 0 Å². The largest absolute Gasteiger partial charge is 0.481 e. The van der Waals surface area contributed by atoms with Crippen molar-refractivity contribution < 1.29 is 14.3 Å². The summed E-state index contributed by atoms with van der Waals surface area (Å²) >= 11 is 0. The lowest BCUT2D eigenvalue weighted by molar-refractivity contribution is -0.137. The summed E-state index contributed by atoms with van der Waals surface area (Å²) in [5.74, 6) is 0.443. The Morgan fingerprint density at radius 1 is 1.43 bits per heavy atom. The molecular formula is C16H20N2O3. The summed E-state index contributed by atoms with van der Waals surface area (Å²) in [4.78, 5) is 17.4. The van der Waals surface area contributed by atoms with E-state index in [1.165, 1.54) is 5.56 Å². The van der Waals surface area contributed by atoms with Gasteiger partial charge in [-0.1, -0.05) is 6.07 Å². The van der Waals surface area contributed by atoms with Gasteiger partial charge in [0.2, 0.25) is 0 Å². The monoisotopic (exact) mass is 288 g/mol. The molecule has 1 N–H and O–H groups in total. The maximum Gasteiger partial charge on any atom is 0.304 e. The first-order valence-electron chi connectivity index (χ1n) is 7.43. The van der Waals surface area contributed by atoms with Gasteiger partial charge in [-0.3, -0.25) is 4.79 Å². The summed E-state index contributed by atoms with van der Waals surface area (Å²) in [5.41, 5.74) is 2.95. The Hall–Kier alpha value is -1.88. The van der Waals surface area contributed by atoms with Crippen LogP contribution in [0.1, 0.15) is 36.6 Å². The van der Waals surface area contributed by atoms with Gasteiger partial charge in [0, 0.05) is 12.5 Å². The Labute approximate surface area is 123 Å². The van der Waals surface area contributed by atoms with E-state index in [1.807, 2.05) is 25.1 Å². The SMILES string of the molecule is Cc1ccc2nc(C3CCN(CCC(=O)O)CC3)oc2c1. The maximum absolute atomic E-state index is 10.6. The molecule has 1 aromatic heterocycles. The van der Waals surface area contributed by atoms with Crippen molar-refractivity contribution in [2.24, 2.45) is 0 Å². The zero-order valence-electron chi connectivity index (χ0n) is 12.2. The highest BCUT2D eigenvalue weighted by atomic mass is 16.4. The van der Waals surface area contributed by atoms with Crippen LogP contribution in [-0.4, -0.2) is 40.6 Å². The smallest absolute Gasteiger partial charge is 0.304 e. The second-order valence-electron chi connectivity index (χ2n) is 5.78. The van der Waals surface area contributed by atoms with E-state index in [-0.39, 0.29) is 6.42 Å². The molecule has 0 aliphatic carbocycles. The van der Waals surface area contributed by atoms with E-state index in [0.717, 1.165) is 42.9 Å². The molecule has 1 aromatic carbocycles. The minimum Gasteiger partial charge on any atom is -0.481 e. The van der Waals surface area contributed by atoms with Crippen LogP contribution in [0.4, 0.5) is 0 Å². The highest BCUT2D eigenvalue weighted by Gasteiger charge is 2.24. The van der Waals surface area contributed by atoms with Crippen molar-refractivity contribution in [2.75, 3.05) is 19.6 Å². The van der Waals surface area contributed by atoms with Crippen LogP contribution in [-0.2, 0) is 4.79 Å². The van der Waals surface area contributed by atoms with Crippen LogP contribution >= 0.6 is 0 Å². The van der Waals surface area contributed by atoms with Gasteiger partial charge in [-0.15, -0.1) is 0 Å². The lowest BCUT2D eigenvalue weighted by atomic mass is 9.97. The fourth-order valence-electron chi connectivity index (χ4n) is 2.88. The third-order valence-electron chi connectivity index (χ3n) is 4.14. The first-order valence-corrected chi connectivity index (χ1v) is 7.43. The van der Waals surface area contributed by atoms with E-state index < -0.39 is 5.97 Å². The van der Waals surface area contributed by atoms with Crippen LogP contribution in [0.15, 0.2) is 22.6 Å². The molecule has 3 rings (SSSR count). The molecule has 0 unspecified atom stereocenters. The summed E-state index contributed by atoms with van der Waals surface area (Å²) in [7, 11) is 0. The number of carbonyl (C=O) groups is 1. The minimum absolute atomic E-state index is 0.215. The quantitative estimate of drug-likeness (QED) is 0.937. The summed E-state index contributed by atoms with van der Waals surface area (Å²) in [5, 5.41) is 8.73. The number of aryl methyl sites for hydroxylation is 1. The number of oxazole rings is 1. The van der Waals surface area contributed by atoms with Gasteiger partial charge in [-0.05, 0) is 50.6 Å². The number of rotatable bonds is 4. The normalized spacial score (nSPS) is 17.4. The van der Waals surface area contributed by atoms with Gasteiger partial charge in [-0.2, -0.15) is 0 Å². The van der Waals surface area contributed by atoms with Crippen LogP contribution < -0.4 is 0 Å². The predicted molar refractivity (Wildman–Crippen MR) is 79.4 cm³/mol. The Kier molecular flexibility index (Phi) is 3.92. The summed E-state index contributed by atoms with van der Waals surface area (Å²) in [6.45, 7) is 4.50. The first-order chi connectivity index (χ1) is 10.1. The second kappa shape index (κ2) is 5.85. The predicted octanol–water partition coefficient (Wildman–Crippen LogP) is 2.79. The molecule has 2 heterocycles. The van der Waals surface area contributed by atoms with Crippen molar-refractivity contribution in [3.05, 3.63) is 29.7 Å². The molecule has 1 fully saturated rings. The highest BCUT2D eigenvalue weighted by molar-refractivity contribution is 5.73. The van der Waals surface area contributed by atoms with E-state index >= 15 is 0 Å². The maximum atomic E-state index is 10.6. The zero-order valence-corrected chi connectivity index (χ0v) is 12.2. The number of piperidine rings is 1. The molecule has 5 nitrogen and oxygen atoms in total. The summed E-state index contributed by atoms with van der Waals surface area (Å²) < 4.78 is 5.90. The molecule has 0 spiro atoms. The minimum atomic E-state index is -0.730. The number of carboxylic acid groups (broad SMARTS) is 1. The fraction of sp³-hybridized carbons (Fsp3) is 0.500. The van der Waals surface area contributed by atoms with Crippen molar-refractivity contribution in [1.82, 2.24) is 9.88 Å². The van der Waals surface area contributed by atoms with E-state index in [0.29, 0.717) is 12.5 Å². The molecule has 5 heteroatoms. The van der Waals surface area contributed by atoms with Gasteiger partial charge >= 0.3 is 5.97 Å².